The molecule has 6 nitrogen and oxygen atoms in total. The highest BCUT2D eigenvalue weighted by molar-refractivity contribution is 7.98. The van der Waals surface area contributed by atoms with Gasteiger partial charge in [0.05, 0.1) is 18.2 Å². The second-order valence-electron chi connectivity index (χ2n) is 5.90. The minimum Gasteiger partial charge on any atom is -0.493 e. The second-order valence-corrected chi connectivity index (χ2v) is 6.88. The Kier molecular flexibility index (Phi) is 5.81. The molecular weight excluding hydrogens is 366 g/mol. The van der Waals surface area contributed by atoms with Crippen molar-refractivity contribution in [3.05, 3.63) is 59.7 Å². The van der Waals surface area contributed by atoms with E-state index in [-0.39, 0.29) is 5.75 Å². The third-order valence-corrected chi connectivity index (χ3v) is 4.93. The number of imide groups is 1. The van der Waals surface area contributed by atoms with Gasteiger partial charge in [0.25, 0.3) is 11.8 Å². The fraction of sp³-hybridized carbons (Fsp3) is 0.250. The SMILES string of the molecule is COc1ccccc1OC(=O)[C@@H](CCSC)N1C(=O)c2ccccc2C1=O. The summed E-state index contributed by atoms with van der Waals surface area (Å²) in [5.74, 6) is -0.368. The first-order chi connectivity index (χ1) is 13.1. The number of carbonyl (C=O) groups excluding carboxylic acids is 3. The van der Waals surface area contributed by atoms with Crippen LogP contribution in [0.15, 0.2) is 48.5 Å². The molecule has 2 aromatic carbocycles. The molecule has 0 radical (unpaired) electrons. The first kappa shape index (κ1) is 19.0. The molecule has 0 saturated heterocycles. The summed E-state index contributed by atoms with van der Waals surface area (Å²) in [6.07, 6.45) is 2.20. The minimum absolute atomic E-state index is 0.246. The summed E-state index contributed by atoms with van der Waals surface area (Å²) in [5.41, 5.74) is 0.614. The quantitative estimate of drug-likeness (QED) is 0.414. The lowest BCUT2D eigenvalue weighted by Crippen LogP contribution is -2.47. The highest BCUT2D eigenvalue weighted by atomic mass is 32.2. The number of fused-ring (bicyclic) bond motifs is 1. The molecule has 7 heteroatoms. The number of amides is 2. The zero-order valence-electron chi connectivity index (χ0n) is 15.0. The van der Waals surface area contributed by atoms with E-state index in [1.54, 1.807) is 48.5 Å². The van der Waals surface area contributed by atoms with Crippen molar-refractivity contribution in [2.75, 3.05) is 19.1 Å². The number of para-hydroxylation sites is 2. The molecule has 0 aromatic heterocycles. The van der Waals surface area contributed by atoms with Gasteiger partial charge in [-0.15, -0.1) is 0 Å². The van der Waals surface area contributed by atoms with Crippen LogP contribution >= 0.6 is 11.8 Å². The first-order valence-corrected chi connectivity index (χ1v) is 9.78. The zero-order valence-corrected chi connectivity index (χ0v) is 15.8. The Morgan fingerprint density at radius 3 is 2.11 bits per heavy atom. The number of benzene rings is 2. The summed E-state index contributed by atoms with van der Waals surface area (Å²) >= 11 is 1.52. The average Bonchev–Trinajstić information content (AvgIpc) is 2.94. The van der Waals surface area contributed by atoms with Crippen molar-refractivity contribution < 1.29 is 23.9 Å². The number of rotatable bonds is 7. The Morgan fingerprint density at radius 2 is 1.56 bits per heavy atom. The average molecular weight is 385 g/mol. The second kappa shape index (κ2) is 8.26. The molecule has 0 bridgehead atoms. The topological polar surface area (TPSA) is 72.9 Å². The molecule has 0 unspecified atom stereocenters. The van der Waals surface area contributed by atoms with E-state index in [1.807, 2.05) is 6.26 Å². The molecule has 0 aliphatic carbocycles. The van der Waals surface area contributed by atoms with Gasteiger partial charge in [-0.1, -0.05) is 24.3 Å². The van der Waals surface area contributed by atoms with E-state index in [2.05, 4.69) is 0 Å². The van der Waals surface area contributed by atoms with Crippen LogP contribution in [-0.4, -0.2) is 47.8 Å². The van der Waals surface area contributed by atoms with Crippen LogP contribution in [0, 0.1) is 0 Å². The lowest BCUT2D eigenvalue weighted by Gasteiger charge is -2.24. The third kappa shape index (κ3) is 3.68. The number of esters is 1. The summed E-state index contributed by atoms with van der Waals surface area (Å²) in [7, 11) is 1.47. The summed E-state index contributed by atoms with van der Waals surface area (Å²) in [6, 6.07) is 12.3. The van der Waals surface area contributed by atoms with Crippen LogP contribution in [0.3, 0.4) is 0 Å². The fourth-order valence-corrected chi connectivity index (χ4v) is 3.41. The lowest BCUT2D eigenvalue weighted by molar-refractivity contribution is -0.139. The molecule has 2 amide bonds. The van der Waals surface area contributed by atoms with Crippen LogP contribution in [0.2, 0.25) is 0 Å². The number of ether oxygens (including phenoxy) is 2. The van der Waals surface area contributed by atoms with Gasteiger partial charge in [-0.3, -0.25) is 14.5 Å². The van der Waals surface area contributed by atoms with Gasteiger partial charge < -0.3 is 9.47 Å². The minimum atomic E-state index is -1.00. The number of methoxy groups -OCH3 is 1. The highest BCUT2D eigenvalue weighted by Gasteiger charge is 2.43. The van der Waals surface area contributed by atoms with Crippen LogP contribution in [0.4, 0.5) is 0 Å². The molecule has 27 heavy (non-hydrogen) atoms. The summed E-state index contributed by atoms with van der Waals surface area (Å²) in [5, 5.41) is 0. The van der Waals surface area contributed by atoms with Gasteiger partial charge in [0.1, 0.15) is 6.04 Å². The number of hydrogen-bond acceptors (Lipinski definition) is 6. The Hall–Kier alpha value is -2.80. The summed E-state index contributed by atoms with van der Waals surface area (Å²) < 4.78 is 10.7. The monoisotopic (exact) mass is 385 g/mol. The van der Waals surface area contributed by atoms with Crippen LogP contribution in [0.5, 0.6) is 11.5 Å². The van der Waals surface area contributed by atoms with Crippen LogP contribution in [0.1, 0.15) is 27.1 Å². The van der Waals surface area contributed by atoms with E-state index >= 15 is 0 Å². The molecule has 0 spiro atoms. The van der Waals surface area contributed by atoms with Gasteiger partial charge in [0.2, 0.25) is 0 Å². The molecule has 1 heterocycles. The van der Waals surface area contributed by atoms with Gasteiger partial charge in [0, 0.05) is 0 Å². The predicted molar refractivity (Wildman–Crippen MR) is 102 cm³/mol. The molecule has 140 valence electrons. The maximum absolute atomic E-state index is 12.9. The van der Waals surface area contributed by atoms with Crippen molar-refractivity contribution in [2.45, 2.75) is 12.5 Å². The van der Waals surface area contributed by atoms with Crippen molar-refractivity contribution in [1.29, 1.82) is 0 Å². The van der Waals surface area contributed by atoms with E-state index in [1.165, 1.54) is 18.9 Å². The maximum atomic E-state index is 12.9. The van der Waals surface area contributed by atoms with E-state index in [9.17, 15) is 14.4 Å². The summed E-state index contributed by atoms with van der Waals surface area (Å²) in [4.78, 5) is 39.4. The first-order valence-electron chi connectivity index (χ1n) is 8.39. The molecule has 2 aromatic rings. The smallest absolute Gasteiger partial charge is 0.334 e. The lowest BCUT2D eigenvalue weighted by atomic mass is 10.1. The number of thioether (sulfide) groups is 1. The Bertz CT molecular complexity index is 847. The Morgan fingerprint density at radius 1 is 1.00 bits per heavy atom. The van der Waals surface area contributed by atoms with Gasteiger partial charge >= 0.3 is 5.97 Å². The molecule has 1 atom stereocenters. The summed E-state index contributed by atoms with van der Waals surface area (Å²) in [6.45, 7) is 0. The standard InChI is InChI=1S/C20H19NO5S/c1-25-16-9-5-6-10-17(16)26-20(24)15(11-12-27-2)21-18(22)13-7-3-4-8-14(13)19(21)23/h3-10,15H,11-12H2,1-2H3/t15-/m1/s1. The predicted octanol–water partition coefficient (Wildman–Crippen LogP) is 3.02. The maximum Gasteiger partial charge on any atom is 0.334 e. The number of carbonyl (C=O) groups is 3. The molecule has 1 aliphatic rings. The van der Waals surface area contributed by atoms with Crippen molar-refractivity contribution in [1.82, 2.24) is 4.90 Å². The van der Waals surface area contributed by atoms with Crippen molar-refractivity contribution in [3.63, 3.8) is 0 Å². The van der Waals surface area contributed by atoms with E-state index in [4.69, 9.17) is 9.47 Å². The van der Waals surface area contributed by atoms with Crippen molar-refractivity contribution in [3.8, 4) is 11.5 Å². The Balaban J connectivity index is 1.89. The molecular formula is C20H19NO5S. The Labute approximate surface area is 161 Å². The van der Waals surface area contributed by atoms with Crippen LogP contribution < -0.4 is 9.47 Å². The fourth-order valence-electron chi connectivity index (χ4n) is 2.95. The van der Waals surface area contributed by atoms with Gasteiger partial charge in [-0.05, 0) is 42.7 Å². The van der Waals surface area contributed by atoms with Gasteiger partial charge in [0.15, 0.2) is 11.5 Å². The van der Waals surface area contributed by atoms with Crippen LogP contribution in [0.25, 0.3) is 0 Å². The highest BCUT2D eigenvalue weighted by Crippen LogP contribution is 2.29. The molecule has 0 fully saturated rings. The van der Waals surface area contributed by atoms with E-state index < -0.39 is 23.8 Å². The van der Waals surface area contributed by atoms with Crippen molar-refractivity contribution >= 4 is 29.5 Å². The van der Waals surface area contributed by atoms with E-state index in [0.29, 0.717) is 29.1 Å². The van der Waals surface area contributed by atoms with Crippen LogP contribution in [-0.2, 0) is 4.79 Å². The van der Waals surface area contributed by atoms with Crippen molar-refractivity contribution in [2.24, 2.45) is 0 Å². The normalized spacial score (nSPS) is 14.1. The molecule has 0 N–H and O–H groups in total. The molecule has 0 saturated carbocycles. The molecule has 3 rings (SSSR count). The number of nitrogens with zero attached hydrogens (tertiary/aromatic N) is 1. The molecule has 1 aliphatic heterocycles. The van der Waals surface area contributed by atoms with Gasteiger partial charge in [-0.25, -0.2) is 4.79 Å². The van der Waals surface area contributed by atoms with E-state index in [0.717, 1.165) is 4.90 Å². The van der Waals surface area contributed by atoms with Gasteiger partial charge in [-0.2, -0.15) is 11.8 Å². The third-order valence-electron chi connectivity index (χ3n) is 4.28. The number of hydrogen-bond donors (Lipinski definition) is 0. The largest absolute Gasteiger partial charge is 0.493 e. The zero-order chi connectivity index (χ0) is 19.4.